The Morgan fingerprint density at radius 2 is 2.12 bits per heavy atom. The number of amides is 1. The number of carbonyl (C=O) groups excluding carboxylic acids is 1. The van der Waals surface area contributed by atoms with Crippen molar-refractivity contribution in [1.82, 2.24) is 15.1 Å². The number of hydrogen-bond donors (Lipinski definition) is 1. The molecule has 1 aromatic heterocycles. The van der Waals surface area contributed by atoms with Crippen molar-refractivity contribution in [1.29, 1.82) is 0 Å². The number of carbonyl (C=O) groups is 1. The van der Waals surface area contributed by atoms with Crippen LogP contribution in [-0.2, 0) is 7.05 Å². The highest BCUT2D eigenvalue weighted by molar-refractivity contribution is 6.20. The minimum Gasteiger partial charge on any atom is -0.349 e. The van der Waals surface area contributed by atoms with Crippen molar-refractivity contribution in [3.05, 3.63) is 17.5 Å². The van der Waals surface area contributed by atoms with Gasteiger partial charge in [-0.2, -0.15) is 5.10 Å². The summed E-state index contributed by atoms with van der Waals surface area (Å²) < 4.78 is 1.71. The van der Waals surface area contributed by atoms with E-state index in [9.17, 15) is 4.79 Å². The summed E-state index contributed by atoms with van der Waals surface area (Å²) in [6.45, 7) is 1.90. The molecule has 1 aliphatic carbocycles. The number of nitrogens with zero attached hydrogens (tertiary/aromatic N) is 2. The first-order chi connectivity index (χ1) is 8.08. The Bertz CT molecular complexity index is 408. The molecule has 5 heteroatoms. The third kappa shape index (κ3) is 2.80. The minimum absolute atomic E-state index is 0.0198. The summed E-state index contributed by atoms with van der Waals surface area (Å²) in [4.78, 5) is 12.0. The molecule has 0 unspecified atom stereocenters. The van der Waals surface area contributed by atoms with Gasteiger partial charge in [0.15, 0.2) is 0 Å². The normalized spacial score (nSPS) is 24.6. The molecule has 1 aliphatic rings. The van der Waals surface area contributed by atoms with Gasteiger partial charge in [0.1, 0.15) is 0 Å². The number of nitrogens with one attached hydrogen (secondary N) is 1. The van der Waals surface area contributed by atoms with Gasteiger partial charge < -0.3 is 5.32 Å². The molecule has 1 saturated carbocycles. The first-order valence-electron chi connectivity index (χ1n) is 6.01. The highest BCUT2D eigenvalue weighted by atomic mass is 35.5. The van der Waals surface area contributed by atoms with Gasteiger partial charge >= 0.3 is 0 Å². The fourth-order valence-electron chi connectivity index (χ4n) is 2.18. The van der Waals surface area contributed by atoms with Crippen LogP contribution in [0.5, 0.6) is 0 Å². The Kier molecular flexibility index (Phi) is 3.72. The maximum absolute atomic E-state index is 12.0. The topological polar surface area (TPSA) is 46.9 Å². The van der Waals surface area contributed by atoms with Gasteiger partial charge in [-0.3, -0.25) is 9.48 Å². The molecule has 0 aliphatic heterocycles. The fraction of sp³-hybridized carbons (Fsp3) is 0.667. The molecule has 94 valence electrons. The zero-order chi connectivity index (χ0) is 12.4. The minimum atomic E-state index is -0.0198. The van der Waals surface area contributed by atoms with Gasteiger partial charge in [-0.15, -0.1) is 11.6 Å². The van der Waals surface area contributed by atoms with Crippen LogP contribution in [0.1, 0.15) is 41.7 Å². The lowest BCUT2D eigenvalue weighted by Crippen LogP contribution is -2.38. The monoisotopic (exact) mass is 255 g/mol. The Morgan fingerprint density at radius 1 is 1.47 bits per heavy atom. The SMILES string of the molecule is Cc1c(C(=O)NC2CCC(Cl)CC2)cnn1C. The Morgan fingerprint density at radius 3 is 2.65 bits per heavy atom. The molecular weight excluding hydrogens is 238 g/mol. The van der Waals surface area contributed by atoms with Crippen LogP contribution in [-0.4, -0.2) is 27.1 Å². The lowest BCUT2D eigenvalue weighted by Gasteiger charge is -2.25. The molecule has 4 nitrogen and oxygen atoms in total. The van der Waals surface area contributed by atoms with Crippen LogP contribution < -0.4 is 5.32 Å². The first-order valence-corrected chi connectivity index (χ1v) is 6.45. The fourth-order valence-corrected chi connectivity index (χ4v) is 2.43. The number of aromatic nitrogens is 2. The average molecular weight is 256 g/mol. The van der Waals surface area contributed by atoms with Crippen LogP contribution in [0, 0.1) is 6.92 Å². The number of halogens is 1. The molecule has 1 aromatic rings. The highest BCUT2D eigenvalue weighted by Gasteiger charge is 2.22. The Balaban J connectivity index is 1.95. The summed E-state index contributed by atoms with van der Waals surface area (Å²) in [5.74, 6) is -0.0198. The molecule has 0 radical (unpaired) electrons. The van der Waals surface area contributed by atoms with E-state index in [1.165, 1.54) is 0 Å². The Labute approximate surface area is 106 Å². The second kappa shape index (κ2) is 5.08. The van der Waals surface area contributed by atoms with Crippen molar-refractivity contribution >= 4 is 17.5 Å². The summed E-state index contributed by atoms with van der Waals surface area (Å²) in [6, 6.07) is 0.261. The molecule has 1 N–H and O–H groups in total. The maximum Gasteiger partial charge on any atom is 0.254 e. The lowest BCUT2D eigenvalue weighted by molar-refractivity contribution is 0.0927. The van der Waals surface area contributed by atoms with Crippen molar-refractivity contribution in [2.75, 3.05) is 0 Å². The van der Waals surface area contributed by atoms with Crippen LogP contribution in [0.2, 0.25) is 0 Å². The van der Waals surface area contributed by atoms with E-state index in [4.69, 9.17) is 11.6 Å². The second-order valence-electron chi connectivity index (χ2n) is 4.69. The van der Waals surface area contributed by atoms with E-state index in [-0.39, 0.29) is 17.3 Å². The van der Waals surface area contributed by atoms with Crippen molar-refractivity contribution < 1.29 is 4.79 Å². The third-order valence-corrected chi connectivity index (χ3v) is 3.91. The number of alkyl halides is 1. The van der Waals surface area contributed by atoms with Gasteiger partial charge in [0.25, 0.3) is 5.91 Å². The highest BCUT2D eigenvalue weighted by Crippen LogP contribution is 2.23. The summed E-state index contributed by atoms with van der Waals surface area (Å²) in [7, 11) is 1.84. The molecule has 1 amide bonds. The third-order valence-electron chi connectivity index (χ3n) is 3.47. The average Bonchev–Trinajstić information content (AvgIpc) is 2.63. The molecule has 0 saturated heterocycles. The van der Waals surface area contributed by atoms with Crippen LogP contribution in [0.25, 0.3) is 0 Å². The molecule has 0 spiro atoms. The van der Waals surface area contributed by atoms with E-state index in [0.29, 0.717) is 5.56 Å². The molecule has 2 rings (SSSR count). The molecule has 0 atom stereocenters. The molecule has 0 bridgehead atoms. The van der Waals surface area contributed by atoms with Crippen molar-refractivity contribution in [3.63, 3.8) is 0 Å². The van der Waals surface area contributed by atoms with Gasteiger partial charge in [0.05, 0.1) is 11.8 Å². The van der Waals surface area contributed by atoms with Gasteiger partial charge in [0, 0.05) is 24.2 Å². The van der Waals surface area contributed by atoms with Crippen LogP contribution in [0.15, 0.2) is 6.20 Å². The van der Waals surface area contributed by atoms with Gasteiger partial charge in [-0.05, 0) is 32.6 Å². The lowest BCUT2D eigenvalue weighted by atomic mass is 9.95. The van der Waals surface area contributed by atoms with Crippen LogP contribution >= 0.6 is 11.6 Å². The van der Waals surface area contributed by atoms with E-state index in [1.807, 2.05) is 14.0 Å². The largest absolute Gasteiger partial charge is 0.349 e. The summed E-state index contributed by atoms with van der Waals surface area (Å²) in [6.07, 6.45) is 5.54. The molecule has 0 aromatic carbocycles. The maximum atomic E-state index is 12.0. The predicted octanol–water partition coefficient (Wildman–Crippen LogP) is 2.01. The van der Waals surface area contributed by atoms with E-state index in [2.05, 4.69) is 10.4 Å². The van der Waals surface area contributed by atoms with E-state index >= 15 is 0 Å². The van der Waals surface area contributed by atoms with Gasteiger partial charge in [-0.25, -0.2) is 0 Å². The first kappa shape index (κ1) is 12.4. The zero-order valence-corrected chi connectivity index (χ0v) is 11.0. The van der Waals surface area contributed by atoms with Crippen molar-refractivity contribution in [2.24, 2.45) is 7.05 Å². The second-order valence-corrected chi connectivity index (χ2v) is 5.31. The Hall–Kier alpha value is -1.03. The van der Waals surface area contributed by atoms with E-state index in [0.717, 1.165) is 31.4 Å². The number of hydrogen-bond acceptors (Lipinski definition) is 2. The summed E-state index contributed by atoms with van der Waals surface area (Å²) in [5.41, 5.74) is 1.56. The quantitative estimate of drug-likeness (QED) is 0.822. The molecule has 17 heavy (non-hydrogen) atoms. The van der Waals surface area contributed by atoms with Gasteiger partial charge in [0.2, 0.25) is 0 Å². The predicted molar refractivity (Wildman–Crippen MR) is 67.3 cm³/mol. The molecule has 1 fully saturated rings. The summed E-state index contributed by atoms with van der Waals surface area (Å²) >= 11 is 6.04. The molecule has 1 heterocycles. The van der Waals surface area contributed by atoms with E-state index in [1.54, 1.807) is 10.9 Å². The smallest absolute Gasteiger partial charge is 0.254 e. The van der Waals surface area contributed by atoms with E-state index < -0.39 is 0 Å². The zero-order valence-electron chi connectivity index (χ0n) is 10.2. The van der Waals surface area contributed by atoms with Gasteiger partial charge in [-0.1, -0.05) is 0 Å². The number of aryl methyl sites for hydroxylation is 1. The van der Waals surface area contributed by atoms with Crippen LogP contribution in [0.3, 0.4) is 0 Å². The standard InChI is InChI=1S/C12H18ClN3O/c1-8-11(7-14-16(8)2)12(17)15-10-5-3-9(13)4-6-10/h7,9-10H,3-6H2,1-2H3,(H,15,17). The van der Waals surface area contributed by atoms with Crippen molar-refractivity contribution in [3.8, 4) is 0 Å². The number of rotatable bonds is 2. The van der Waals surface area contributed by atoms with Crippen LogP contribution in [0.4, 0.5) is 0 Å². The summed E-state index contributed by atoms with van der Waals surface area (Å²) in [5, 5.41) is 7.42. The van der Waals surface area contributed by atoms with Crippen molar-refractivity contribution in [2.45, 2.75) is 44.0 Å². The molecular formula is C12H18ClN3O.